The lowest BCUT2D eigenvalue weighted by atomic mass is 9.99. The molecule has 58 heavy (non-hydrogen) atoms. The molecule has 0 radical (unpaired) electrons. The van der Waals surface area contributed by atoms with Gasteiger partial charge in [0, 0.05) is 62.3 Å². The number of hydrogen-bond donors (Lipinski definition) is 0. The Labute approximate surface area is 336 Å². The third kappa shape index (κ3) is 5.47. The fourth-order valence-corrected chi connectivity index (χ4v) is 8.72. The van der Waals surface area contributed by atoms with Crippen LogP contribution in [0.4, 0.5) is 17.1 Å². The van der Waals surface area contributed by atoms with E-state index in [1.54, 1.807) is 0 Å². The molecule has 0 atom stereocenters. The van der Waals surface area contributed by atoms with Gasteiger partial charge in [0.05, 0.1) is 27.8 Å². The lowest BCUT2D eigenvalue weighted by molar-refractivity contribution is 1.08. The number of rotatable bonds is 7. The van der Waals surface area contributed by atoms with E-state index in [-0.39, 0.29) is 0 Å². The molecule has 0 saturated heterocycles. The van der Waals surface area contributed by atoms with E-state index in [9.17, 15) is 0 Å². The molecule has 11 aromatic rings. The fraction of sp³-hybridized carbons (Fsp3) is 0.0189. The second kappa shape index (κ2) is 13.8. The summed E-state index contributed by atoms with van der Waals surface area (Å²) in [6, 6.07) is 69.1. The van der Waals surface area contributed by atoms with Crippen molar-refractivity contribution in [1.82, 2.24) is 19.1 Å². The molecule has 4 aromatic heterocycles. The molecule has 274 valence electrons. The van der Waals surface area contributed by atoms with Crippen LogP contribution in [-0.4, -0.2) is 19.1 Å². The minimum atomic E-state index is 0.874. The maximum Gasteiger partial charge on any atom is 0.137 e. The number of hydrogen-bond acceptors (Lipinski definition) is 3. The molecule has 7 aromatic carbocycles. The number of aromatic nitrogens is 4. The maximum absolute atomic E-state index is 4.93. The van der Waals surface area contributed by atoms with E-state index in [4.69, 9.17) is 9.97 Å². The minimum Gasteiger partial charge on any atom is -0.310 e. The zero-order valence-electron chi connectivity index (χ0n) is 31.9. The summed E-state index contributed by atoms with van der Waals surface area (Å²) in [6.45, 7) is 2.12. The Morgan fingerprint density at radius 3 is 1.84 bits per heavy atom. The summed E-state index contributed by atoms with van der Waals surface area (Å²) in [6.07, 6.45) is 3.86. The minimum absolute atomic E-state index is 0.874. The maximum atomic E-state index is 4.93. The monoisotopic (exact) mass is 743 g/mol. The zero-order chi connectivity index (χ0) is 38.6. The van der Waals surface area contributed by atoms with Gasteiger partial charge in [-0.2, -0.15) is 0 Å². The number of benzene rings is 7. The Balaban J connectivity index is 1.15. The van der Waals surface area contributed by atoms with Crippen molar-refractivity contribution in [3.8, 4) is 33.9 Å². The molecule has 11 rings (SSSR count). The average Bonchev–Trinajstić information content (AvgIpc) is 3.80. The average molecular weight is 744 g/mol. The van der Waals surface area contributed by atoms with Crippen molar-refractivity contribution in [3.05, 3.63) is 212 Å². The number of para-hydroxylation sites is 3. The fourth-order valence-electron chi connectivity index (χ4n) is 8.72. The second-order valence-corrected chi connectivity index (χ2v) is 14.7. The van der Waals surface area contributed by atoms with Crippen molar-refractivity contribution in [1.29, 1.82) is 0 Å². The van der Waals surface area contributed by atoms with Crippen LogP contribution in [0.2, 0.25) is 0 Å². The number of fused-ring (bicyclic) bond motifs is 7. The summed E-state index contributed by atoms with van der Waals surface area (Å²) < 4.78 is 4.71. The Morgan fingerprint density at radius 2 is 1.07 bits per heavy atom. The largest absolute Gasteiger partial charge is 0.310 e. The van der Waals surface area contributed by atoms with Crippen LogP contribution in [0, 0.1) is 6.92 Å². The summed E-state index contributed by atoms with van der Waals surface area (Å²) in [5.74, 6) is 0.874. The quantitative estimate of drug-likeness (QED) is 0.163. The Bertz CT molecular complexity index is 3280. The summed E-state index contributed by atoms with van der Waals surface area (Å²) in [4.78, 5) is 12.2. The molecule has 0 unspecified atom stereocenters. The Kier molecular flexibility index (Phi) is 7.97. The predicted octanol–water partition coefficient (Wildman–Crippen LogP) is 13.8. The number of anilines is 3. The van der Waals surface area contributed by atoms with Gasteiger partial charge in [-0.3, -0.25) is 9.55 Å². The molecule has 5 heteroatoms. The van der Waals surface area contributed by atoms with Gasteiger partial charge < -0.3 is 9.47 Å². The van der Waals surface area contributed by atoms with Crippen LogP contribution in [0.25, 0.3) is 77.5 Å². The van der Waals surface area contributed by atoms with E-state index in [0.29, 0.717) is 0 Å². The molecule has 0 aliphatic rings. The normalized spacial score (nSPS) is 11.5. The molecular formula is C53H37N5. The van der Waals surface area contributed by atoms with E-state index < -0.39 is 0 Å². The molecule has 0 bridgehead atoms. The first-order valence-corrected chi connectivity index (χ1v) is 19.7. The molecule has 0 saturated carbocycles. The lowest BCUT2D eigenvalue weighted by Gasteiger charge is -2.26. The lowest BCUT2D eigenvalue weighted by Crippen LogP contribution is -2.10. The third-order valence-electron chi connectivity index (χ3n) is 11.3. The van der Waals surface area contributed by atoms with Gasteiger partial charge in [-0.05, 0) is 109 Å². The van der Waals surface area contributed by atoms with Gasteiger partial charge in [0.1, 0.15) is 5.82 Å². The number of aryl methyl sites for hydroxylation is 1. The summed E-state index contributed by atoms with van der Waals surface area (Å²) in [5, 5.41) is 4.84. The van der Waals surface area contributed by atoms with Crippen LogP contribution >= 0.6 is 0 Å². The van der Waals surface area contributed by atoms with Gasteiger partial charge in [-0.1, -0.05) is 109 Å². The predicted molar refractivity (Wildman–Crippen MR) is 241 cm³/mol. The van der Waals surface area contributed by atoms with Crippen LogP contribution in [0.15, 0.2) is 207 Å². The van der Waals surface area contributed by atoms with Crippen molar-refractivity contribution < 1.29 is 0 Å². The van der Waals surface area contributed by atoms with Crippen LogP contribution < -0.4 is 4.90 Å². The highest BCUT2D eigenvalue weighted by Crippen LogP contribution is 2.45. The van der Waals surface area contributed by atoms with Gasteiger partial charge in [-0.15, -0.1) is 0 Å². The first-order chi connectivity index (χ1) is 28.7. The Hall–Kier alpha value is -7.76. The molecule has 5 nitrogen and oxygen atoms in total. The SMILES string of the molecule is Cc1cnc(-c2cccc(N(c3ccccc3)c3ccc4c5c6c7ccccc7n(-c7ccccc7)c6ccc5n(-c5ccccn5)c4c3)c2)cc1-c1ccccc1. The van der Waals surface area contributed by atoms with Crippen LogP contribution in [0.3, 0.4) is 0 Å². The van der Waals surface area contributed by atoms with E-state index in [1.165, 1.54) is 43.7 Å². The number of nitrogens with zero attached hydrogens (tertiary/aromatic N) is 5. The van der Waals surface area contributed by atoms with Crippen LogP contribution in [-0.2, 0) is 0 Å². The van der Waals surface area contributed by atoms with Gasteiger partial charge in [0.15, 0.2) is 0 Å². The Morgan fingerprint density at radius 1 is 0.431 bits per heavy atom. The standard InChI is InChI=1S/C53H37N5/c1-36-35-55-46(34-45(36)37-16-5-2-6-17-37)38-18-15-23-41(32-38)56(39-19-7-3-8-20-39)42-27-28-44-50(33-42)58(51-26-13-14-31-54-51)49-30-29-48-52(53(44)49)43-24-11-12-25-47(43)57(48)40-21-9-4-10-22-40/h2-35H,1H3. The highest BCUT2D eigenvalue weighted by Gasteiger charge is 2.23. The highest BCUT2D eigenvalue weighted by atomic mass is 15.1. The summed E-state index contributed by atoms with van der Waals surface area (Å²) in [7, 11) is 0. The van der Waals surface area contributed by atoms with Crippen LogP contribution in [0.5, 0.6) is 0 Å². The number of pyridine rings is 2. The highest BCUT2D eigenvalue weighted by molar-refractivity contribution is 6.29. The first kappa shape index (κ1) is 33.6. The summed E-state index contributed by atoms with van der Waals surface area (Å²) in [5.41, 5.74) is 14.3. The third-order valence-corrected chi connectivity index (χ3v) is 11.3. The van der Waals surface area contributed by atoms with Crippen molar-refractivity contribution in [3.63, 3.8) is 0 Å². The topological polar surface area (TPSA) is 38.9 Å². The van der Waals surface area contributed by atoms with Gasteiger partial charge in [0.25, 0.3) is 0 Å². The van der Waals surface area contributed by atoms with Gasteiger partial charge >= 0.3 is 0 Å². The van der Waals surface area contributed by atoms with E-state index in [1.807, 2.05) is 18.5 Å². The molecule has 0 fully saturated rings. The molecule has 0 aliphatic carbocycles. The first-order valence-electron chi connectivity index (χ1n) is 19.7. The van der Waals surface area contributed by atoms with E-state index in [0.717, 1.165) is 56.4 Å². The second-order valence-electron chi connectivity index (χ2n) is 14.7. The van der Waals surface area contributed by atoms with Gasteiger partial charge in [0.2, 0.25) is 0 Å². The van der Waals surface area contributed by atoms with Crippen LogP contribution in [0.1, 0.15) is 5.56 Å². The van der Waals surface area contributed by atoms with E-state index >= 15 is 0 Å². The van der Waals surface area contributed by atoms with Gasteiger partial charge in [-0.25, -0.2) is 4.98 Å². The van der Waals surface area contributed by atoms with Crippen molar-refractivity contribution >= 4 is 60.7 Å². The van der Waals surface area contributed by atoms with E-state index in [2.05, 4.69) is 209 Å². The smallest absolute Gasteiger partial charge is 0.137 e. The van der Waals surface area contributed by atoms with Crippen molar-refractivity contribution in [2.24, 2.45) is 0 Å². The van der Waals surface area contributed by atoms with Crippen molar-refractivity contribution in [2.45, 2.75) is 6.92 Å². The molecule has 4 heterocycles. The summed E-state index contributed by atoms with van der Waals surface area (Å²) >= 11 is 0. The van der Waals surface area contributed by atoms with Crippen molar-refractivity contribution in [2.75, 3.05) is 4.90 Å². The molecular weight excluding hydrogens is 707 g/mol. The molecule has 0 aliphatic heterocycles. The molecule has 0 N–H and O–H groups in total. The molecule has 0 amide bonds. The zero-order valence-corrected chi connectivity index (χ0v) is 31.9. The molecule has 0 spiro atoms.